The quantitative estimate of drug-likeness (QED) is 0.119. The third kappa shape index (κ3) is 9.78. The Morgan fingerprint density at radius 1 is 0.596 bits per heavy atom. The van der Waals surface area contributed by atoms with Crippen LogP contribution >= 0.6 is 0 Å². The smallest absolute Gasteiger partial charge is 0.0798 e. The number of pyridine rings is 2. The summed E-state index contributed by atoms with van der Waals surface area (Å²) in [4.78, 5) is 9.37. The van der Waals surface area contributed by atoms with Crippen molar-refractivity contribution in [1.29, 1.82) is 0 Å². The number of hydrogen-bond acceptors (Lipinski definition) is 2. The topological polar surface area (TPSA) is 25.8 Å². The first-order valence-corrected chi connectivity index (χ1v) is 19.7. The third-order valence-corrected chi connectivity index (χ3v) is 9.98. The maximum absolute atomic E-state index is 4.69. The van der Waals surface area contributed by atoms with Crippen LogP contribution in [0.1, 0.15) is 30.5 Å². The Bertz CT molecular complexity index is 1860. The van der Waals surface area contributed by atoms with Crippen LogP contribution in [-0.4, -0.2) is 18.0 Å². The molecule has 47 heavy (non-hydrogen) atoms. The van der Waals surface area contributed by atoms with E-state index >= 15 is 0 Å². The van der Waals surface area contributed by atoms with E-state index in [2.05, 4.69) is 154 Å². The van der Waals surface area contributed by atoms with E-state index in [9.17, 15) is 0 Å². The second kappa shape index (κ2) is 16.2. The summed E-state index contributed by atoms with van der Waals surface area (Å²) in [6, 6.07) is 44.3. The summed E-state index contributed by atoms with van der Waals surface area (Å²) in [5.74, 6) is 0.667. The monoisotopic (exact) mass is 809 g/mol. The van der Waals surface area contributed by atoms with Crippen LogP contribution in [0.25, 0.3) is 44.8 Å². The van der Waals surface area contributed by atoms with Crippen LogP contribution in [0.4, 0.5) is 0 Å². The van der Waals surface area contributed by atoms with Crippen molar-refractivity contribution >= 4 is 13.3 Å². The van der Waals surface area contributed by atoms with E-state index in [-0.39, 0.29) is 20.1 Å². The molecule has 2 heterocycles. The fourth-order valence-corrected chi connectivity index (χ4v) is 7.36. The van der Waals surface area contributed by atoms with Crippen LogP contribution in [-0.2, 0) is 26.5 Å². The molecule has 0 bridgehead atoms. The zero-order chi connectivity index (χ0) is 32.7. The van der Waals surface area contributed by atoms with Gasteiger partial charge in [-0.1, -0.05) is 117 Å². The molecule has 1 radical (unpaired) electrons. The fraction of sp³-hybridized carbons (Fsp3) is 0.209. The normalized spacial score (nSPS) is 11.0. The van der Waals surface area contributed by atoms with Crippen LogP contribution in [0, 0.1) is 31.9 Å². The predicted octanol–water partition coefficient (Wildman–Crippen LogP) is 10.8. The standard InChI is InChI=1S/C25H20N.C18H24NSi.Ir/c1-18-13-19(2)15-24(14-18)23-11-12-25(26-17-23)22-10-6-9-21(16-22)20-7-4-3-5-8-20;1-14(2)11-16-12-17(15-9-7-6-8-10-15)19-13-18(16)20(3,4)5;/h3-9,11-17H,1-2H3;6-9,12-14H,11H2,1-5H3;/q2*-1;. The molecule has 0 spiro atoms. The number of hydrogen-bond donors (Lipinski definition) is 0. The molecule has 6 rings (SSSR count). The summed E-state index contributed by atoms with van der Waals surface area (Å²) in [6.07, 6.45) is 5.19. The molecule has 0 saturated carbocycles. The SMILES string of the molecule is CC(C)Cc1cc(-c2[c-]cccc2)ncc1[Si](C)(C)C.Cc1cc(C)cc(-c2ccc(-c3[c-]ccc(-c4ccccc4)c3)nc2)c1.[Ir]. The Balaban J connectivity index is 0.000000216. The summed E-state index contributed by atoms with van der Waals surface area (Å²) < 4.78 is 0. The van der Waals surface area contributed by atoms with Gasteiger partial charge in [-0.2, -0.15) is 0 Å². The van der Waals surface area contributed by atoms with E-state index < -0.39 is 8.07 Å². The van der Waals surface area contributed by atoms with Crippen molar-refractivity contribution in [2.45, 2.75) is 53.8 Å². The van der Waals surface area contributed by atoms with Gasteiger partial charge in [0.05, 0.1) is 8.07 Å². The van der Waals surface area contributed by atoms with Crippen molar-refractivity contribution in [2.24, 2.45) is 5.92 Å². The molecular weight excluding hydrogens is 765 g/mol. The summed E-state index contributed by atoms with van der Waals surface area (Å²) >= 11 is 0. The van der Waals surface area contributed by atoms with Gasteiger partial charge in [-0.05, 0) is 59.5 Å². The van der Waals surface area contributed by atoms with E-state index in [1.165, 1.54) is 38.6 Å². The van der Waals surface area contributed by atoms with Crippen LogP contribution in [0.15, 0.2) is 122 Å². The average molecular weight is 809 g/mol. The molecule has 241 valence electrons. The molecule has 2 aromatic heterocycles. The largest absolute Gasteiger partial charge is 0.305 e. The minimum absolute atomic E-state index is 0. The molecule has 0 unspecified atom stereocenters. The number of aromatic nitrogens is 2. The number of nitrogens with zero attached hydrogens (tertiary/aromatic N) is 2. The van der Waals surface area contributed by atoms with Gasteiger partial charge in [0.2, 0.25) is 0 Å². The first-order chi connectivity index (χ1) is 22.1. The molecule has 6 aromatic rings. The van der Waals surface area contributed by atoms with Crippen molar-refractivity contribution < 1.29 is 20.1 Å². The first kappa shape index (κ1) is 35.9. The van der Waals surface area contributed by atoms with Gasteiger partial charge in [-0.25, -0.2) is 0 Å². The minimum Gasteiger partial charge on any atom is -0.305 e. The van der Waals surface area contributed by atoms with Crippen molar-refractivity contribution in [1.82, 2.24) is 9.97 Å². The summed E-state index contributed by atoms with van der Waals surface area (Å²) in [5, 5.41) is 1.49. The maximum atomic E-state index is 4.69. The van der Waals surface area contributed by atoms with Gasteiger partial charge in [-0.15, -0.1) is 71.3 Å². The van der Waals surface area contributed by atoms with E-state index in [0.29, 0.717) is 5.92 Å². The molecular formula is C43H44IrN2Si-2. The van der Waals surface area contributed by atoms with Crippen molar-refractivity contribution in [3.8, 4) is 44.8 Å². The van der Waals surface area contributed by atoms with Gasteiger partial charge < -0.3 is 9.97 Å². The first-order valence-electron chi connectivity index (χ1n) is 16.2. The van der Waals surface area contributed by atoms with E-state index in [1.807, 2.05) is 36.5 Å². The fourth-order valence-electron chi connectivity index (χ4n) is 5.77. The van der Waals surface area contributed by atoms with E-state index in [1.54, 1.807) is 0 Å². The Labute approximate surface area is 296 Å². The predicted molar refractivity (Wildman–Crippen MR) is 199 cm³/mol. The van der Waals surface area contributed by atoms with Crippen LogP contribution in [0.5, 0.6) is 0 Å². The molecule has 0 aliphatic rings. The van der Waals surface area contributed by atoms with Crippen LogP contribution in [0.3, 0.4) is 0 Å². The van der Waals surface area contributed by atoms with Crippen LogP contribution in [0.2, 0.25) is 19.6 Å². The Kier molecular flexibility index (Phi) is 12.4. The minimum atomic E-state index is -1.34. The molecule has 0 aliphatic heterocycles. The zero-order valence-corrected chi connectivity index (χ0v) is 32.0. The van der Waals surface area contributed by atoms with Gasteiger partial charge in [-0.3, -0.25) is 0 Å². The van der Waals surface area contributed by atoms with Crippen molar-refractivity contribution in [3.05, 3.63) is 150 Å². The number of benzene rings is 4. The second-order valence-corrected chi connectivity index (χ2v) is 18.6. The van der Waals surface area contributed by atoms with Gasteiger partial charge in [0.15, 0.2) is 0 Å². The van der Waals surface area contributed by atoms with Crippen LogP contribution < -0.4 is 5.19 Å². The molecule has 2 nitrogen and oxygen atoms in total. The van der Waals surface area contributed by atoms with Gasteiger partial charge in [0, 0.05) is 32.5 Å². The molecule has 0 saturated heterocycles. The zero-order valence-electron chi connectivity index (χ0n) is 28.6. The molecule has 4 heteroatoms. The average Bonchev–Trinajstić information content (AvgIpc) is 3.05. The number of aryl methyl sites for hydroxylation is 2. The summed E-state index contributed by atoms with van der Waals surface area (Å²) in [5.41, 5.74) is 12.8. The molecule has 0 amide bonds. The molecule has 0 N–H and O–H groups in total. The molecule has 0 atom stereocenters. The summed E-state index contributed by atoms with van der Waals surface area (Å²) in [7, 11) is -1.34. The Morgan fingerprint density at radius 2 is 1.28 bits per heavy atom. The Morgan fingerprint density at radius 3 is 1.89 bits per heavy atom. The van der Waals surface area contributed by atoms with E-state index in [4.69, 9.17) is 0 Å². The molecule has 0 aliphatic carbocycles. The summed E-state index contributed by atoms with van der Waals surface area (Å²) in [6.45, 7) is 16.0. The third-order valence-electron chi connectivity index (χ3n) is 7.91. The van der Waals surface area contributed by atoms with Gasteiger partial charge in [0.25, 0.3) is 0 Å². The molecule has 0 fully saturated rings. The van der Waals surface area contributed by atoms with Crippen molar-refractivity contribution in [3.63, 3.8) is 0 Å². The second-order valence-electron chi connectivity index (χ2n) is 13.5. The van der Waals surface area contributed by atoms with E-state index in [0.717, 1.165) is 34.5 Å². The number of rotatable bonds is 7. The molecule has 4 aromatic carbocycles. The maximum Gasteiger partial charge on any atom is 0.0798 e. The van der Waals surface area contributed by atoms with Crippen molar-refractivity contribution in [2.75, 3.05) is 0 Å². The van der Waals surface area contributed by atoms with Gasteiger partial charge >= 0.3 is 0 Å². The Hall–Kier alpha value is -3.95. The van der Waals surface area contributed by atoms with Gasteiger partial charge in [0.1, 0.15) is 0 Å².